The van der Waals surface area contributed by atoms with Crippen LogP contribution in [0.4, 0.5) is 0 Å². The van der Waals surface area contributed by atoms with Crippen LogP contribution in [0.25, 0.3) is 0 Å². The van der Waals surface area contributed by atoms with Gasteiger partial charge in [0.1, 0.15) is 0 Å². The third-order valence-electron chi connectivity index (χ3n) is 11.4. The number of fused-ring (bicyclic) bond motifs is 7. The highest BCUT2D eigenvalue weighted by Crippen LogP contribution is 2.69. The predicted molar refractivity (Wildman–Crippen MR) is 128 cm³/mol. The van der Waals surface area contributed by atoms with Crippen LogP contribution < -0.4 is 17.2 Å². The van der Waals surface area contributed by atoms with Crippen LogP contribution in [0.2, 0.25) is 0 Å². The van der Waals surface area contributed by atoms with Crippen LogP contribution in [0.1, 0.15) is 91.9 Å². The second-order valence-electron chi connectivity index (χ2n) is 13.0. The van der Waals surface area contributed by atoms with Gasteiger partial charge >= 0.3 is 0 Å². The first-order valence-corrected chi connectivity index (χ1v) is 13.4. The maximum atomic E-state index is 7.61. The van der Waals surface area contributed by atoms with E-state index in [1.54, 1.807) is 0 Å². The summed E-state index contributed by atoms with van der Waals surface area (Å²) in [6.07, 6.45) is 13.4. The van der Waals surface area contributed by atoms with E-state index >= 15 is 0 Å². The molecule has 5 heteroatoms. The molecular formula is C27H47N3O2. The monoisotopic (exact) mass is 445 g/mol. The molecular weight excluding hydrogens is 398 g/mol. The number of hydrogen-bond donors (Lipinski definition) is 3. The molecule has 5 aliphatic rings. The lowest BCUT2D eigenvalue weighted by atomic mass is 9.41. The zero-order chi connectivity index (χ0) is 22.9. The van der Waals surface area contributed by atoms with Crippen molar-refractivity contribution in [3.63, 3.8) is 0 Å². The van der Waals surface area contributed by atoms with E-state index in [-0.39, 0.29) is 40.0 Å². The Hall–Kier alpha value is -0.460. The third kappa shape index (κ3) is 3.07. The van der Waals surface area contributed by atoms with Crippen LogP contribution in [0.15, 0.2) is 11.6 Å². The van der Waals surface area contributed by atoms with Gasteiger partial charge in [0.05, 0.1) is 12.7 Å². The number of rotatable bonds is 0. The van der Waals surface area contributed by atoms with Crippen molar-refractivity contribution in [2.45, 2.75) is 115 Å². The minimum absolute atomic E-state index is 0.00833. The molecule has 0 aromatic rings. The Labute approximate surface area is 195 Å². The highest BCUT2D eigenvalue weighted by molar-refractivity contribution is 5.36. The van der Waals surface area contributed by atoms with Crippen molar-refractivity contribution in [3.8, 4) is 0 Å². The van der Waals surface area contributed by atoms with E-state index in [1.807, 2.05) is 0 Å². The topological polar surface area (TPSA) is 96.5 Å². The fourth-order valence-corrected chi connectivity index (χ4v) is 9.26. The summed E-state index contributed by atoms with van der Waals surface area (Å²) in [5.41, 5.74) is 22.4. The molecule has 0 radical (unpaired) electrons. The normalized spacial score (nSPS) is 56.3. The van der Waals surface area contributed by atoms with Crippen molar-refractivity contribution in [2.75, 3.05) is 6.61 Å². The first-order chi connectivity index (χ1) is 15.1. The predicted octanol–water partition coefficient (Wildman–Crippen LogP) is 4.44. The van der Waals surface area contributed by atoms with Crippen molar-refractivity contribution in [1.29, 1.82) is 0 Å². The molecule has 1 heterocycles. The molecule has 182 valence electrons. The standard InChI is InChI=1S/C27H47N3O2/c1-17-6-5-7-18(2)23-21(32-31-16-17)15-27(30)22-9-8-19-14-20(28)10-11-24(19,3)26(22,29)13-12-25(23,27)4/h8,17-18,20-23H,5-7,9-16,28-30H2,1-4H3/t17-,18-,20+,21?,22-,23?,24+,25-,26-,27-/m1/s1. The molecule has 4 fully saturated rings. The van der Waals surface area contributed by atoms with E-state index < -0.39 is 0 Å². The number of allylic oxidation sites excluding steroid dienone is 1. The van der Waals surface area contributed by atoms with Gasteiger partial charge in [-0.05, 0) is 80.5 Å². The van der Waals surface area contributed by atoms with Crippen LogP contribution in [0, 0.1) is 34.5 Å². The minimum atomic E-state index is -0.336. The van der Waals surface area contributed by atoms with Crippen molar-refractivity contribution >= 4 is 0 Å². The maximum Gasteiger partial charge on any atom is 0.0984 e. The van der Waals surface area contributed by atoms with Gasteiger partial charge in [-0.2, -0.15) is 0 Å². The lowest BCUT2D eigenvalue weighted by Gasteiger charge is -2.67. The second kappa shape index (κ2) is 7.78. The van der Waals surface area contributed by atoms with E-state index in [0.717, 1.165) is 44.9 Å². The average molecular weight is 446 g/mol. The highest BCUT2D eigenvalue weighted by Gasteiger charge is 2.72. The zero-order valence-corrected chi connectivity index (χ0v) is 20.9. The fourth-order valence-electron chi connectivity index (χ4n) is 9.26. The SMILES string of the molecule is C[C@@H]1CCC[C@@H](C)C2C(C[C@@]3(N)[C@@H]4CC=C5C[C@@H](N)CC[C@]5(C)[C@@]4(N)CC[C@]23C)OOC1. The molecule has 0 aromatic heterocycles. The summed E-state index contributed by atoms with van der Waals surface area (Å²) >= 11 is 0. The Morgan fingerprint density at radius 3 is 2.56 bits per heavy atom. The van der Waals surface area contributed by atoms with Crippen LogP contribution in [-0.2, 0) is 9.78 Å². The number of hydrogen-bond acceptors (Lipinski definition) is 5. The van der Waals surface area contributed by atoms with E-state index in [4.69, 9.17) is 27.0 Å². The largest absolute Gasteiger partial charge is 0.327 e. The molecule has 0 aromatic carbocycles. The summed E-state index contributed by atoms with van der Waals surface area (Å²) in [5.74, 6) is 1.81. The first-order valence-electron chi connectivity index (χ1n) is 13.4. The first kappa shape index (κ1) is 23.3. The second-order valence-corrected chi connectivity index (χ2v) is 13.0. The molecule has 32 heavy (non-hydrogen) atoms. The van der Waals surface area contributed by atoms with Crippen LogP contribution in [0.5, 0.6) is 0 Å². The molecule has 4 aliphatic carbocycles. The maximum absolute atomic E-state index is 7.61. The van der Waals surface area contributed by atoms with Gasteiger partial charge in [-0.25, -0.2) is 9.78 Å². The molecule has 3 saturated carbocycles. The molecule has 0 amide bonds. The summed E-state index contributed by atoms with van der Waals surface area (Å²) in [6, 6.07) is 0.277. The molecule has 1 saturated heterocycles. The van der Waals surface area contributed by atoms with Crippen LogP contribution in [-0.4, -0.2) is 29.8 Å². The number of nitrogens with two attached hydrogens (primary N) is 3. The fraction of sp³-hybridized carbons (Fsp3) is 0.926. The van der Waals surface area contributed by atoms with Gasteiger partial charge in [-0.3, -0.25) is 0 Å². The van der Waals surface area contributed by atoms with Crippen molar-refractivity contribution in [1.82, 2.24) is 0 Å². The lowest BCUT2D eigenvalue weighted by Crippen LogP contribution is -2.76. The van der Waals surface area contributed by atoms with Gasteiger partial charge in [0.25, 0.3) is 0 Å². The Kier molecular flexibility index (Phi) is 5.66. The van der Waals surface area contributed by atoms with E-state index in [9.17, 15) is 0 Å². The van der Waals surface area contributed by atoms with E-state index in [2.05, 4.69) is 33.8 Å². The Balaban J connectivity index is 1.52. The van der Waals surface area contributed by atoms with Gasteiger partial charge in [-0.1, -0.05) is 52.2 Å². The van der Waals surface area contributed by atoms with Gasteiger partial charge in [0, 0.05) is 22.5 Å². The molecule has 2 unspecified atom stereocenters. The molecule has 6 N–H and O–H groups in total. The molecule has 5 nitrogen and oxygen atoms in total. The summed E-state index contributed by atoms with van der Waals surface area (Å²) in [6.45, 7) is 10.2. The Bertz CT molecular complexity index is 772. The van der Waals surface area contributed by atoms with Crippen molar-refractivity contribution in [2.24, 2.45) is 51.7 Å². The minimum Gasteiger partial charge on any atom is -0.327 e. The summed E-state index contributed by atoms with van der Waals surface area (Å²) in [7, 11) is 0. The Morgan fingerprint density at radius 1 is 1.00 bits per heavy atom. The van der Waals surface area contributed by atoms with Crippen molar-refractivity contribution in [3.05, 3.63) is 11.6 Å². The Morgan fingerprint density at radius 2 is 1.78 bits per heavy atom. The molecule has 0 bridgehead atoms. The highest BCUT2D eigenvalue weighted by atomic mass is 17.2. The van der Waals surface area contributed by atoms with E-state index in [0.29, 0.717) is 24.4 Å². The summed E-state index contributed by atoms with van der Waals surface area (Å²) < 4.78 is 0. The van der Waals surface area contributed by atoms with Crippen molar-refractivity contribution < 1.29 is 9.78 Å². The van der Waals surface area contributed by atoms with Gasteiger partial charge in [0.2, 0.25) is 0 Å². The van der Waals surface area contributed by atoms with Gasteiger partial charge in [-0.15, -0.1) is 0 Å². The lowest BCUT2D eigenvalue weighted by molar-refractivity contribution is -0.341. The smallest absolute Gasteiger partial charge is 0.0984 e. The quantitative estimate of drug-likeness (QED) is 0.378. The molecule has 1 aliphatic heterocycles. The third-order valence-corrected chi connectivity index (χ3v) is 11.4. The van der Waals surface area contributed by atoms with Crippen LogP contribution >= 0.6 is 0 Å². The molecule has 0 spiro atoms. The van der Waals surface area contributed by atoms with Gasteiger partial charge < -0.3 is 17.2 Å². The summed E-state index contributed by atoms with van der Waals surface area (Å²) in [5, 5.41) is 0. The molecule has 10 atom stereocenters. The summed E-state index contributed by atoms with van der Waals surface area (Å²) in [4.78, 5) is 12.1. The zero-order valence-electron chi connectivity index (χ0n) is 20.9. The van der Waals surface area contributed by atoms with Crippen LogP contribution in [0.3, 0.4) is 0 Å². The van der Waals surface area contributed by atoms with Gasteiger partial charge in [0.15, 0.2) is 0 Å². The average Bonchev–Trinajstić information content (AvgIpc) is 2.96. The molecule has 5 rings (SSSR count). The van der Waals surface area contributed by atoms with E-state index in [1.165, 1.54) is 24.8 Å².